The third kappa shape index (κ3) is 7.19. The lowest BCUT2D eigenvalue weighted by Gasteiger charge is -2.21. The Morgan fingerprint density at radius 2 is 1.59 bits per heavy atom. The highest BCUT2D eigenvalue weighted by molar-refractivity contribution is 7.90. The average Bonchev–Trinajstić information content (AvgIpc) is 2.77. The van der Waals surface area contributed by atoms with Crippen LogP contribution in [0.1, 0.15) is 26.3 Å². The third-order valence-corrected chi connectivity index (χ3v) is 6.10. The highest BCUT2D eigenvalue weighted by atomic mass is 32.2. The molecule has 0 aliphatic rings. The van der Waals surface area contributed by atoms with Crippen molar-refractivity contribution < 1.29 is 36.0 Å². The van der Waals surface area contributed by atoms with Gasteiger partial charge in [-0.3, -0.25) is 10.1 Å². The molecule has 2 amide bonds. The Bertz CT molecular complexity index is 1430. The molecule has 0 bridgehead atoms. The van der Waals surface area contributed by atoms with Gasteiger partial charge in [-0.2, -0.15) is 13.2 Å². The van der Waals surface area contributed by atoms with E-state index in [4.69, 9.17) is 4.74 Å². The number of halogens is 3. The molecule has 0 aliphatic carbocycles. The van der Waals surface area contributed by atoms with Crippen molar-refractivity contribution in [1.82, 2.24) is 10.0 Å². The molecule has 3 aromatic rings. The molecule has 0 fully saturated rings. The van der Waals surface area contributed by atoms with Crippen LogP contribution in [0, 0.1) is 10.1 Å². The second kappa shape index (κ2) is 10.1. The lowest BCUT2D eigenvalue weighted by Crippen LogP contribution is -2.48. The summed E-state index contributed by atoms with van der Waals surface area (Å²) in [6, 6.07) is 12.3. The molecule has 0 saturated carbocycles. The van der Waals surface area contributed by atoms with Gasteiger partial charge in [-0.25, -0.2) is 17.9 Å². The van der Waals surface area contributed by atoms with E-state index in [9.17, 15) is 36.5 Å². The molecule has 37 heavy (non-hydrogen) atoms. The van der Waals surface area contributed by atoms with Crippen LogP contribution in [-0.4, -0.2) is 24.9 Å². The number of benzene rings is 3. The fraction of sp³-hybridized carbons (Fsp3) is 0.208. The summed E-state index contributed by atoms with van der Waals surface area (Å²) < 4.78 is 72.0. The Morgan fingerprint density at radius 1 is 0.946 bits per heavy atom. The van der Waals surface area contributed by atoms with E-state index in [-0.39, 0.29) is 11.5 Å². The van der Waals surface area contributed by atoms with Gasteiger partial charge in [-0.1, -0.05) is 24.3 Å². The second-order valence-electron chi connectivity index (χ2n) is 8.90. The van der Waals surface area contributed by atoms with Crippen molar-refractivity contribution in [3.05, 3.63) is 82.4 Å². The Kier molecular flexibility index (Phi) is 7.49. The minimum Gasteiger partial charge on any atom is -0.456 e. The predicted molar refractivity (Wildman–Crippen MR) is 129 cm³/mol. The SMILES string of the molecule is CC(C)(C)NC(=O)NS(=O)(=O)c1cc([N+](=O)[O-])ccc1Oc1cccc(-c2ccc(C(F)(F)F)cc2)c1. The maximum Gasteiger partial charge on any atom is 0.416 e. The molecular formula is C24H22F3N3O6S. The van der Waals surface area contributed by atoms with Crippen LogP contribution in [0.15, 0.2) is 71.6 Å². The molecule has 0 aromatic heterocycles. The number of carbonyl (C=O) groups is 1. The second-order valence-corrected chi connectivity index (χ2v) is 10.6. The first-order valence-electron chi connectivity index (χ1n) is 10.6. The Hall–Kier alpha value is -4.13. The Labute approximate surface area is 210 Å². The van der Waals surface area contributed by atoms with Crippen molar-refractivity contribution in [3.63, 3.8) is 0 Å². The lowest BCUT2D eigenvalue weighted by molar-refractivity contribution is -0.385. The third-order valence-electron chi connectivity index (χ3n) is 4.75. The molecule has 0 unspecified atom stereocenters. The van der Waals surface area contributed by atoms with E-state index in [0.717, 1.165) is 30.3 Å². The molecule has 0 heterocycles. The molecule has 2 N–H and O–H groups in total. The van der Waals surface area contributed by atoms with Gasteiger partial charge in [0.1, 0.15) is 16.4 Å². The molecule has 3 rings (SSSR count). The van der Waals surface area contributed by atoms with Gasteiger partial charge in [0.05, 0.1) is 10.5 Å². The number of nitrogens with one attached hydrogen (secondary N) is 2. The topological polar surface area (TPSA) is 128 Å². The number of ether oxygens (including phenoxy) is 1. The van der Waals surface area contributed by atoms with E-state index in [1.54, 1.807) is 31.6 Å². The average molecular weight is 538 g/mol. The fourth-order valence-electron chi connectivity index (χ4n) is 3.17. The quantitative estimate of drug-likeness (QED) is 0.300. The van der Waals surface area contributed by atoms with Crippen molar-refractivity contribution in [2.45, 2.75) is 37.4 Å². The van der Waals surface area contributed by atoms with Gasteiger partial charge in [0.2, 0.25) is 0 Å². The summed E-state index contributed by atoms with van der Waals surface area (Å²) in [6.07, 6.45) is -4.49. The molecule has 0 atom stereocenters. The van der Waals surface area contributed by atoms with Crippen LogP contribution in [0.2, 0.25) is 0 Å². The van der Waals surface area contributed by atoms with Crippen molar-refractivity contribution in [1.29, 1.82) is 0 Å². The maximum atomic E-state index is 12.9. The molecule has 3 aromatic carbocycles. The first-order chi connectivity index (χ1) is 17.0. The maximum absolute atomic E-state index is 12.9. The standard InChI is InChI=1S/C24H22F3N3O6S/c1-23(2,3)28-22(31)29-37(34,35)21-14-18(30(32)33)11-12-20(21)36-19-6-4-5-16(13-19)15-7-9-17(10-8-15)24(25,26)27/h4-14H,1-3H3,(H2,28,29,31). The molecule has 0 radical (unpaired) electrons. The summed E-state index contributed by atoms with van der Waals surface area (Å²) in [4.78, 5) is 22.0. The summed E-state index contributed by atoms with van der Waals surface area (Å²) in [5.41, 5.74) is -1.22. The molecule has 0 aliphatic heterocycles. The van der Waals surface area contributed by atoms with Crippen LogP contribution in [-0.2, 0) is 16.2 Å². The minimum absolute atomic E-state index is 0.0989. The van der Waals surface area contributed by atoms with Crippen molar-refractivity contribution in [2.24, 2.45) is 0 Å². The number of carbonyl (C=O) groups excluding carboxylic acids is 1. The number of nitro groups is 1. The molecule has 0 saturated heterocycles. The van der Waals surface area contributed by atoms with E-state index in [2.05, 4.69) is 5.32 Å². The highest BCUT2D eigenvalue weighted by Gasteiger charge is 2.30. The van der Waals surface area contributed by atoms with Gasteiger partial charge in [-0.05, 0) is 62.2 Å². The van der Waals surface area contributed by atoms with Crippen molar-refractivity contribution >= 4 is 21.7 Å². The van der Waals surface area contributed by atoms with E-state index < -0.39 is 48.8 Å². The lowest BCUT2D eigenvalue weighted by atomic mass is 10.0. The van der Waals surface area contributed by atoms with Gasteiger partial charge in [0.25, 0.3) is 15.7 Å². The molecule has 0 spiro atoms. The van der Waals surface area contributed by atoms with Gasteiger partial charge >= 0.3 is 12.2 Å². The summed E-state index contributed by atoms with van der Waals surface area (Å²) in [5, 5.41) is 13.7. The number of amides is 2. The van der Waals surface area contributed by atoms with Crippen LogP contribution in [0.25, 0.3) is 11.1 Å². The molecular weight excluding hydrogens is 515 g/mol. The van der Waals surface area contributed by atoms with Gasteiger partial charge in [0.15, 0.2) is 0 Å². The Balaban J connectivity index is 1.96. The number of hydrogen-bond donors (Lipinski definition) is 2. The number of sulfonamides is 1. The normalized spacial score (nSPS) is 12.1. The van der Waals surface area contributed by atoms with Crippen LogP contribution >= 0.6 is 0 Å². The first-order valence-corrected chi connectivity index (χ1v) is 12.1. The van der Waals surface area contributed by atoms with E-state index in [1.165, 1.54) is 30.3 Å². The minimum atomic E-state index is -4.62. The summed E-state index contributed by atoms with van der Waals surface area (Å²) in [5.74, 6) is -0.215. The number of alkyl halides is 3. The van der Waals surface area contributed by atoms with E-state index in [1.807, 2.05) is 0 Å². The highest BCUT2D eigenvalue weighted by Crippen LogP contribution is 2.35. The summed E-state index contributed by atoms with van der Waals surface area (Å²) in [7, 11) is -4.62. The van der Waals surface area contributed by atoms with Gasteiger partial charge in [-0.15, -0.1) is 0 Å². The van der Waals surface area contributed by atoms with Gasteiger partial charge < -0.3 is 10.1 Å². The predicted octanol–water partition coefficient (Wildman–Crippen LogP) is 5.86. The van der Waals surface area contributed by atoms with Crippen LogP contribution in [0.3, 0.4) is 0 Å². The number of hydrogen-bond acceptors (Lipinski definition) is 6. The summed E-state index contributed by atoms with van der Waals surface area (Å²) in [6.45, 7) is 4.89. The zero-order valence-electron chi connectivity index (χ0n) is 19.8. The van der Waals surface area contributed by atoms with Crippen molar-refractivity contribution in [2.75, 3.05) is 0 Å². The number of urea groups is 1. The first kappa shape index (κ1) is 27.5. The smallest absolute Gasteiger partial charge is 0.416 e. The number of non-ortho nitro benzene ring substituents is 1. The van der Waals surface area contributed by atoms with Crippen molar-refractivity contribution in [3.8, 4) is 22.6 Å². The Morgan fingerprint density at radius 3 is 2.16 bits per heavy atom. The number of rotatable bonds is 6. The number of nitro benzene ring substituents is 1. The largest absolute Gasteiger partial charge is 0.456 e. The fourth-order valence-corrected chi connectivity index (χ4v) is 4.22. The molecule has 196 valence electrons. The number of nitrogens with zero attached hydrogens (tertiary/aromatic N) is 1. The van der Waals surface area contributed by atoms with E-state index >= 15 is 0 Å². The van der Waals surface area contributed by atoms with Crippen LogP contribution < -0.4 is 14.8 Å². The van der Waals surface area contributed by atoms with Gasteiger partial charge in [0, 0.05) is 17.7 Å². The van der Waals surface area contributed by atoms with E-state index in [0.29, 0.717) is 11.1 Å². The zero-order chi connectivity index (χ0) is 27.6. The molecule has 13 heteroatoms. The zero-order valence-corrected chi connectivity index (χ0v) is 20.6. The summed E-state index contributed by atoms with van der Waals surface area (Å²) >= 11 is 0. The van der Waals surface area contributed by atoms with Crippen LogP contribution in [0.5, 0.6) is 11.5 Å². The monoisotopic (exact) mass is 537 g/mol. The molecule has 9 nitrogen and oxygen atoms in total. The van der Waals surface area contributed by atoms with Crippen LogP contribution in [0.4, 0.5) is 23.7 Å².